The number of fused-ring (bicyclic) bond motifs is 1. The van der Waals surface area contributed by atoms with Crippen LogP contribution in [-0.4, -0.2) is 11.7 Å². The van der Waals surface area contributed by atoms with E-state index >= 15 is 0 Å². The Morgan fingerprint density at radius 3 is 2.88 bits per heavy atom. The highest BCUT2D eigenvalue weighted by Crippen LogP contribution is 2.23. The molecule has 1 heterocycles. The number of nitrogens with one attached hydrogen (secondary N) is 2. The van der Waals surface area contributed by atoms with Crippen molar-refractivity contribution in [3.63, 3.8) is 0 Å². The molecule has 2 aromatic rings. The monoisotopic (exact) mass is 248 g/mol. The van der Waals surface area contributed by atoms with E-state index in [-0.39, 0.29) is 6.04 Å². The van der Waals surface area contributed by atoms with E-state index in [1.54, 1.807) is 0 Å². The minimum atomic E-state index is 0.0638. The van der Waals surface area contributed by atoms with Gasteiger partial charge in [-0.15, -0.1) is 0 Å². The van der Waals surface area contributed by atoms with Gasteiger partial charge >= 0.3 is 0 Å². The molecule has 0 amide bonds. The van der Waals surface area contributed by atoms with Gasteiger partial charge in [-0.3, -0.25) is 0 Å². The molecule has 0 aliphatic rings. The van der Waals surface area contributed by atoms with Crippen LogP contribution < -0.4 is 10.6 Å². The summed E-state index contributed by atoms with van der Waals surface area (Å²) in [5.74, 6) is 0.895. The molecule has 0 saturated carbocycles. The lowest BCUT2D eigenvalue weighted by Crippen LogP contribution is -2.36. The summed E-state index contributed by atoms with van der Waals surface area (Å²) in [5.41, 5.74) is 0.908. The van der Waals surface area contributed by atoms with E-state index < -0.39 is 0 Å². The van der Waals surface area contributed by atoms with E-state index in [9.17, 15) is 0 Å². The first-order chi connectivity index (χ1) is 8.20. The van der Waals surface area contributed by atoms with Crippen molar-refractivity contribution in [3.05, 3.63) is 36.1 Å². The average molecular weight is 248 g/mol. The second-order valence-electron chi connectivity index (χ2n) is 3.91. The van der Waals surface area contributed by atoms with Crippen molar-refractivity contribution < 1.29 is 4.42 Å². The van der Waals surface area contributed by atoms with E-state index in [2.05, 4.69) is 10.6 Å². The summed E-state index contributed by atoms with van der Waals surface area (Å²) in [6.45, 7) is 4.86. The molecule has 0 unspecified atom stereocenters. The maximum atomic E-state index is 5.76. The number of para-hydroxylation sites is 1. The van der Waals surface area contributed by atoms with Crippen LogP contribution in [0.15, 0.2) is 34.7 Å². The summed E-state index contributed by atoms with van der Waals surface area (Å²) in [6, 6.07) is 10.1. The van der Waals surface area contributed by atoms with Gasteiger partial charge in [0, 0.05) is 11.9 Å². The van der Waals surface area contributed by atoms with E-state index in [4.69, 9.17) is 16.6 Å². The Morgan fingerprint density at radius 2 is 2.18 bits per heavy atom. The van der Waals surface area contributed by atoms with Gasteiger partial charge in [0.15, 0.2) is 5.11 Å². The van der Waals surface area contributed by atoms with E-state index in [0.717, 1.165) is 23.3 Å². The summed E-state index contributed by atoms with van der Waals surface area (Å²) in [5, 5.41) is 8.01. The van der Waals surface area contributed by atoms with Gasteiger partial charge in [0.25, 0.3) is 0 Å². The van der Waals surface area contributed by atoms with Crippen LogP contribution in [0.5, 0.6) is 0 Å². The van der Waals surface area contributed by atoms with Gasteiger partial charge in [0.1, 0.15) is 11.3 Å². The average Bonchev–Trinajstić information content (AvgIpc) is 2.72. The molecule has 0 radical (unpaired) electrons. The molecule has 1 atom stereocenters. The molecular formula is C13H16N2OS. The topological polar surface area (TPSA) is 37.2 Å². The number of hydrogen-bond acceptors (Lipinski definition) is 2. The fourth-order valence-corrected chi connectivity index (χ4v) is 2.02. The lowest BCUT2D eigenvalue weighted by Gasteiger charge is -2.13. The van der Waals surface area contributed by atoms with Crippen molar-refractivity contribution in [2.75, 3.05) is 6.54 Å². The molecule has 90 valence electrons. The summed E-state index contributed by atoms with van der Waals surface area (Å²) in [4.78, 5) is 0. The maximum absolute atomic E-state index is 5.76. The number of thiocarbonyl (C=S) groups is 1. The van der Waals surface area contributed by atoms with Crippen LogP contribution in [0.3, 0.4) is 0 Å². The normalized spacial score (nSPS) is 12.4. The van der Waals surface area contributed by atoms with Crippen molar-refractivity contribution in [3.8, 4) is 0 Å². The third-order valence-corrected chi connectivity index (χ3v) is 2.82. The van der Waals surface area contributed by atoms with Gasteiger partial charge in [0.2, 0.25) is 0 Å². The zero-order chi connectivity index (χ0) is 12.3. The predicted octanol–water partition coefficient (Wildman–Crippen LogP) is 2.98. The maximum Gasteiger partial charge on any atom is 0.166 e. The van der Waals surface area contributed by atoms with Crippen molar-refractivity contribution in [1.29, 1.82) is 0 Å². The van der Waals surface area contributed by atoms with Crippen LogP contribution in [0.25, 0.3) is 11.0 Å². The Kier molecular flexibility index (Phi) is 3.64. The fourth-order valence-electron chi connectivity index (χ4n) is 1.70. The molecule has 2 rings (SSSR count). The standard InChI is InChI=1S/C13H16N2OS/c1-3-14-13(17)15-9(2)12-8-10-6-4-5-7-11(10)16-12/h4-9H,3H2,1-2H3,(H2,14,15,17)/t9-/m1/s1. The highest BCUT2D eigenvalue weighted by molar-refractivity contribution is 7.80. The second kappa shape index (κ2) is 5.19. The van der Waals surface area contributed by atoms with Gasteiger partial charge in [-0.05, 0) is 38.2 Å². The number of furan rings is 1. The van der Waals surface area contributed by atoms with Crippen molar-refractivity contribution in [2.24, 2.45) is 0 Å². The van der Waals surface area contributed by atoms with E-state index in [1.807, 2.05) is 44.2 Å². The molecule has 2 N–H and O–H groups in total. The highest BCUT2D eigenvalue weighted by Gasteiger charge is 2.11. The predicted molar refractivity (Wildman–Crippen MR) is 74.0 cm³/mol. The summed E-state index contributed by atoms with van der Waals surface area (Å²) >= 11 is 5.15. The molecule has 1 aromatic carbocycles. The molecule has 4 heteroatoms. The van der Waals surface area contributed by atoms with Gasteiger partial charge < -0.3 is 15.1 Å². The van der Waals surface area contributed by atoms with Crippen molar-refractivity contribution in [2.45, 2.75) is 19.9 Å². The number of benzene rings is 1. The highest BCUT2D eigenvalue weighted by atomic mass is 32.1. The quantitative estimate of drug-likeness (QED) is 0.819. The van der Waals surface area contributed by atoms with Crippen LogP contribution in [0.4, 0.5) is 0 Å². The summed E-state index contributed by atoms with van der Waals surface area (Å²) in [7, 11) is 0. The van der Waals surface area contributed by atoms with Crippen LogP contribution in [0, 0.1) is 0 Å². The summed E-state index contributed by atoms with van der Waals surface area (Å²) < 4.78 is 5.76. The lowest BCUT2D eigenvalue weighted by molar-refractivity contribution is 0.490. The Hall–Kier alpha value is -1.55. The largest absolute Gasteiger partial charge is 0.459 e. The van der Waals surface area contributed by atoms with Crippen LogP contribution >= 0.6 is 12.2 Å². The first-order valence-electron chi connectivity index (χ1n) is 5.73. The Balaban J connectivity index is 2.13. The van der Waals surface area contributed by atoms with Gasteiger partial charge in [-0.25, -0.2) is 0 Å². The first kappa shape index (κ1) is 11.9. The minimum Gasteiger partial charge on any atom is -0.459 e. The molecule has 1 aromatic heterocycles. The third-order valence-electron chi connectivity index (χ3n) is 2.56. The van der Waals surface area contributed by atoms with Gasteiger partial charge in [0.05, 0.1) is 6.04 Å². The Morgan fingerprint density at radius 1 is 1.41 bits per heavy atom. The van der Waals surface area contributed by atoms with Crippen LogP contribution in [0.1, 0.15) is 25.6 Å². The summed E-state index contributed by atoms with van der Waals surface area (Å²) in [6.07, 6.45) is 0. The molecule has 0 aliphatic carbocycles. The van der Waals surface area contributed by atoms with Gasteiger partial charge in [-0.2, -0.15) is 0 Å². The molecule has 0 spiro atoms. The van der Waals surface area contributed by atoms with E-state index in [1.165, 1.54) is 0 Å². The zero-order valence-electron chi connectivity index (χ0n) is 9.99. The molecule has 3 nitrogen and oxygen atoms in total. The van der Waals surface area contributed by atoms with E-state index in [0.29, 0.717) is 5.11 Å². The third kappa shape index (κ3) is 2.77. The molecular weight excluding hydrogens is 232 g/mol. The Labute approximate surface area is 106 Å². The molecule has 0 saturated heterocycles. The first-order valence-corrected chi connectivity index (χ1v) is 6.14. The molecule has 0 bridgehead atoms. The van der Waals surface area contributed by atoms with Crippen molar-refractivity contribution >= 4 is 28.3 Å². The zero-order valence-corrected chi connectivity index (χ0v) is 10.8. The van der Waals surface area contributed by atoms with Crippen LogP contribution in [0.2, 0.25) is 0 Å². The van der Waals surface area contributed by atoms with Crippen molar-refractivity contribution in [1.82, 2.24) is 10.6 Å². The van der Waals surface area contributed by atoms with Crippen LogP contribution in [-0.2, 0) is 0 Å². The Bertz CT molecular complexity index is 488. The smallest absolute Gasteiger partial charge is 0.166 e. The lowest BCUT2D eigenvalue weighted by atomic mass is 10.2. The molecule has 0 fully saturated rings. The molecule has 0 aliphatic heterocycles. The second-order valence-corrected chi connectivity index (χ2v) is 4.32. The van der Waals surface area contributed by atoms with Gasteiger partial charge in [-0.1, -0.05) is 18.2 Å². The minimum absolute atomic E-state index is 0.0638. The molecule has 17 heavy (non-hydrogen) atoms. The fraction of sp³-hybridized carbons (Fsp3) is 0.308. The number of rotatable bonds is 3. The SMILES string of the molecule is CCNC(=S)N[C@H](C)c1cc2ccccc2o1. The number of hydrogen-bond donors (Lipinski definition) is 2.